The fourth-order valence-corrected chi connectivity index (χ4v) is 7.65. The Kier molecular flexibility index (Phi) is 10.1. The van der Waals surface area contributed by atoms with E-state index in [0.717, 1.165) is 27.0 Å². The van der Waals surface area contributed by atoms with Gasteiger partial charge in [0.15, 0.2) is 5.13 Å². The maximum Gasteiger partial charge on any atom is 0.353 e. The highest BCUT2D eigenvalue weighted by atomic mass is 32.2. The van der Waals surface area contributed by atoms with Crippen molar-refractivity contribution in [2.24, 2.45) is 10.9 Å². The van der Waals surface area contributed by atoms with Crippen LogP contribution in [-0.2, 0) is 24.9 Å². The lowest BCUT2D eigenvalue weighted by Crippen LogP contribution is -2.71. The van der Waals surface area contributed by atoms with Gasteiger partial charge in [-0.25, -0.2) is 4.79 Å². The van der Waals surface area contributed by atoms with Crippen LogP contribution in [0, 0.1) is 0 Å². The van der Waals surface area contributed by atoms with Crippen LogP contribution >= 0.6 is 46.8 Å². The predicted octanol–water partition coefficient (Wildman–Crippen LogP) is -0.121. The maximum atomic E-state index is 13.0. The topological polar surface area (TPSA) is 239 Å². The Morgan fingerprint density at radius 1 is 1.37 bits per heavy atom. The van der Waals surface area contributed by atoms with Crippen molar-refractivity contribution in [2.75, 3.05) is 23.8 Å². The van der Waals surface area contributed by atoms with Crippen molar-refractivity contribution >= 4 is 81.4 Å². The first-order valence-electron chi connectivity index (χ1n) is 11.9. The second kappa shape index (κ2) is 13.5. The average Bonchev–Trinajstić information content (AvgIpc) is 3.37. The van der Waals surface area contributed by atoms with Crippen LogP contribution in [0.15, 0.2) is 39.0 Å². The lowest BCUT2D eigenvalue weighted by molar-refractivity contribution is -0.150. The van der Waals surface area contributed by atoms with Gasteiger partial charge in [-0.15, -0.1) is 11.8 Å². The van der Waals surface area contributed by atoms with Gasteiger partial charge in [0.1, 0.15) is 17.1 Å². The van der Waals surface area contributed by atoms with Crippen molar-refractivity contribution in [3.8, 4) is 0 Å². The highest BCUT2D eigenvalue weighted by Gasteiger charge is 2.54. The number of aliphatic carboxylic acids is 1. The Balaban J connectivity index is 1.43. The van der Waals surface area contributed by atoms with E-state index in [1.807, 2.05) is 6.07 Å². The van der Waals surface area contributed by atoms with Crippen LogP contribution in [0.3, 0.4) is 0 Å². The molecular weight excluding hydrogens is 615 g/mol. The van der Waals surface area contributed by atoms with Crippen LogP contribution in [0.25, 0.3) is 0 Å². The molecule has 15 nitrogen and oxygen atoms in total. The number of fused-ring (bicyclic) bond motifs is 1. The fraction of sp³-hybridized carbons (Fsp3) is 0.364. The number of nitrogen functional groups attached to an aromatic ring is 1. The molecule has 2 aliphatic rings. The summed E-state index contributed by atoms with van der Waals surface area (Å²) in [6.45, 7) is 2.05. The molecule has 8 N–H and O–H groups in total. The molecule has 3 amide bonds. The van der Waals surface area contributed by atoms with Crippen molar-refractivity contribution in [3.05, 3.63) is 40.5 Å². The van der Waals surface area contributed by atoms with Gasteiger partial charge in [-0.1, -0.05) is 16.9 Å². The number of nitrogens with one attached hydrogen (secondary N) is 2. The quantitative estimate of drug-likeness (QED) is 0.0584. The lowest BCUT2D eigenvalue weighted by Gasteiger charge is -2.49. The molecule has 0 radical (unpaired) electrons. The third kappa shape index (κ3) is 6.92. The van der Waals surface area contributed by atoms with Gasteiger partial charge in [0.2, 0.25) is 17.4 Å². The Morgan fingerprint density at radius 3 is 2.80 bits per heavy atom. The minimum atomic E-state index is -1.28. The summed E-state index contributed by atoms with van der Waals surface area (Å²) in [4.78, 5) is 60.2. The first kappa shape index (κ1) is 30.6. The number of aromatic nitrogens is 3. The van der Waals surface area contributed by atoms with E-state index >= 15 is 0 Å². The molecule has 4 heterocycles. The number of carboxylic acid groups (broad SMARTS) is 1. The number of oxime groups is 1. The molecule has 0 aliphatic carbocycles. The van der Waals surface area contributed by atoms with Crippen molar-refractivity contribution in [1.82, 2.24) is 29.9 Å². The molecule has 0 saturated carbocycles. The molecule has 0 unspecified atom stereocenters. The number of rotatable bonds is 12. The van der Waals surface area contributed by atoms with Crippen molar-refractivity contribution in [3.63, 3.8) is 0 Å². The maximum absolute atomic E-state index is 13.0. The summed E-state index contributed by atoms with van der Waals surface area (Å²) in [5.41, 5.74) is 11.1. The van der Waals surface area contributed by atoms with Gasteiger partial charge in [-0.3, -0.25) is 24.3 Å². The van der Waals surface area contributed by atoms with Gasteiger partial charge < -0.3 is 32.4 Å². The Morgan fingerprint density at radius 2 is 2.15 bits per heavy atom. The van der Waals surface area contributed by atoms with E-state index in [-0.39, 0.29) is 28.3 Å². The number of hydrogen-bond donors (Lipinski definition) is 6. The number of carbonyl (C=O) groups is 4. The number of thioether (sulfide) groups is 3. The predicted molar refractivity (Wildman–Crippen MR) is 155 cm³/mol. The van der Waals surface area contributed by atoms with Gasteiger partial charge in [0.25, 0.3) is 11.8 Å². The molecule has 2 aromatic rings. The number of anilines is 1. The third-order valence-electron chi connectivity index (χ3n) is 5.67. The molecule has 218 valence electrons. The minimum absolute atomic E-state index is 0.0602. The van der Waals surface area contributed by atoms with E-state index in [4.69, 9.17) is 11.5 Å². The number of nitrogens with two attached hydrogens (primary N) is 2. The average molecular weight is 640 g/mol. The molecule has 1 saturated heterocycles. The fourth-order valence-electron chi connectivity index (χ4n) is 3.74. The number of β-lactam (4-membered cyclic amide) rings is 1. The Labute approximate surface area is 250 Å². The van der Waals surface area contributed by atoms with Crippen molar-refractivity contribution < 1.29 is 29.5 Å². The summed E-state index contributed by atoms with van der Waals surface area (Å²) in [5.74, 6) is -1.81. The molecule has 0 aromatic carbocycles. The molecule has 2 aliphatic heterocycles. The van der Waals surface area contributed by atoms with Crippen LogP contribution in [0.2, 0.25) is 0 Å². The summed E-state index contributed by atoms with van der Waals surface area (Å²) >= 11 is 4.86. The highest BCUT2D eigenvalue weighted by Crippen LogP contribution is 2.45. The summed E-state index contributed by atoms with van der Waals surface area (Å²) in [6, 6.07) is 1.94. The van der Waals surface area contributed by atoms with E-state index in [0.29, 0.717) is 23.0 Å². The highest BCUT2D eigenvalue weighted by molar-refractivity contribution is 8.06. The molecule has 1 fully saturated rings. The summed E-state index contributed by atoms with van der Waals surface area (Å²) < 4.78 is 3.83. The number of carboxylic acids is 1. The molecule has 3 atom stereocenters. The second-order valence-corrected chi connectivity index (χ2v) is 12.7. The summed E-state index contributed by atoms with van der Waals surface area (Å²) in [5, 5.41) is 26.8. The number of pyridine rings is 1. The van der Waals surface area contributed by atoms with Gasteiger partial charge in [0.05, 0.1) is 11.7 Å². The van der Waals surface area contributed by atoms with Crippen molar-refractivity contribution in [1.29, 1.82) is 0 Å². The van der Waals surface area contributed by atoms with Crippen molar-refractivity contribution in [2.45, 2.75) is 35.0 Å². The van der Waals surface area contributed by atoms with E-state index in [1.165, 1.54) is 23.5 Å². The van der Waals surface area contributed by atoms with Crippen LogP contribution < -0.4 is 22.1 Å². The first-order chi connectivity index (χ1) is 19.6. The standard InChI is InChI=1S/C22H25N9O6S4/c1-9(23)17(32)26-5-6-38-7-10-11(3-2-4-25-10)40-12-8-39-20-14(19(34)31(20)15(12)21(35)36)27-18(33)13(29-37)16-28-22(24)41-30-16/h2-4,9,14,20,37H,5-8,23H2,1H3,(H,26,32)(H,27,33)(H,35,36)(H2,24,28,30)/b29-13-/t9-,14+,20-/m0/s1. The van der Waals surface area contributed by atoms with Crippen LogP contribution in [0.4, 0.5) is 5.13 Å². The monoisotopic (exact) mass is 639 g/mol. The number of nitrogens with zero attached hydrogens (tertiary/aromatic N) is 5. The smallest absolute Gasteiger partial charge is 0.353 e. The largest absolute Gasteiger partial charge is 0.477 e. The molecule has 2 aromatic heterocycles. The zero-order valence-electron chi connectivity index (χ0n) is 21.3. The molecule has 4 rings (SSSR count). The molecular formula is C22H25N9O6S4. The van der Waals surface area contributed by atoms with Crippen LogP contribution in [0.5, 0.6) is 0 Å². The van der Waals surface area contributed by atoms with E-state index in [1.54, 1.807) is 30.9 Å². The normalized spacial score (nSPS) is 19.3. The number of hydrogen-bond acceptors (Lipinski definition) is 15. The van der Waals surface area contributed by atoms with Gasteiger partial charge in [0, 0.05) is 51.3 Å². The van der Waals surface area contributed by atoms with Gasteiger partial charge in [-0.2, -0.15) is 21.1 Å². The third-order valence-corrected chi connectivity index (χ3v) is 9.82. The SMILES string of the molecule is C[C@H](N)C(=O)NCCSCc1ncccc1SC1=C(C(=O)O)N2C(=O)[C@@H](NC(=O)/C(=N\O)c3nsc(N)n3)[C@@H]2SC1. The number of carbonyl (C=O) groups excluding carboxylic acids is 3. The van der Waals surface area contributed by atoms with E-state index in [2.05, 4.69) is 30.1 Å². The molecule has 19 heteroatoms. The Hall–Kier alpha value is -3.39. The molecule has 41 heavy (non-hydrogen) atoms. The van der Waals surface area contributed by atoms with E-state index in [9.17, 15) is 29.5 Å². The van der Waals surface area contributed by atoms with Gasteiger partial charge in [-0.05, 0) is 19.1 Å². The minimum Gasteiger partial charge on any atom is -0.477 e. The van der Waals surface area contributed by atoms with Gasteiger partial charge >= 0.3 is 5.97 Å². The summed E-state index contributed by atoms with van der Waals surface area (Å²) in [7, 11) is 0. The zero-order valence-corrected chi connectivity index (χ0v) is 24.6. The number of amides is 3. The second-order valence-electron chi connectivity index (χ2n) is 8.53. The van der Waals surface area contributed by atoms with E-state index < -0.39 is 41.0 Å². The Bertz CT molecular complexity index is 1420. The molecule has 0 bridgehead atoms. The van der Waals surface area contributed by atoms with Crippen LogP contribution in [-0.4, -0.2) is 94.5 Å². The summed E-state index contributed by atoms with van der Waals surface area (Å²) in [6.07, 6.45) is 1.64. The van der Waals surface area contributed by atoms with Crippen LogP contribution in [0.1, 0.15) is 18.4 Å². The molecule has 0 spiro atoms. The zero-order chi connectivity index (χ0) is 29.7. The lowest BCUT2D eigenvalue weighted by atomic mass is 10.0. The first-order valence-corrected chi connectivity index (χ1v) is 15.7.